The number of carbonyl (C=O) groups excluding carboxylic acids is 1. The summed E-state index contributed by atoms with van der Waals surface area (Å²) < 4.78 is 0. The quantitative estimate of drug-likeness (QED) is 0.351. The molecule has 140 valence electrons. The summed E-state index contributed by atoms with van der Waals surface area (Å²) in [5.41, 5.74) is 10.9. The highest BCUT2D eigenvalue weighted by molar-refractivity contribution is 6.76. The molecule has 0 aliphatic heterocycles. The summed E-state index contributed by atoms with van der Waals surface area (Å²) in [5, 5.41) is 9.25. The van der Waals surface area contributed by atoms with Crippen molar-refractivity contribution < 1.29 is 14.7 Å². The van der Waals surface area contributed by atoms with E-state index in [1.807, 2.05) is 0 Å². The number of ketones is 1. The molecule has 0 saturated carbocycles. The van der Waals surface area contributed by atoms with Gasteiger partial charge in [0.05, 0.1) is 12.0 Å². The summed E-state index contributed by atoms with van der Waals surface area (Å²) >= 11 is 0. The van der Waals surface area contributed by atoms with Crippen LogP contribution in [0.2, 0.25) is 25.7 Å². The molecule has 0 bridgehead atoms. The third kappa shape index (κ3) is 15.1. The van der Waals surface area contributed by atoms with Crippen molar-refractivity contribution in [3.63, 3.8) is 0 Å². The van der Waals surface area contributed by atoms with Gasteiger partial charge in [-0.3, -0.25) is 9.59 Å². The molecule has 0 saturated heterocycles. The Balaban J connectivity index is -0.00000200. The van der Waals surface area contributed by atoms with Gasteiger partial charge in [-0.25, -0.2) is 0 Å². The minimum absolute atomic E-state index is 0. The molecule has 0 spiro atoms. The van der Waals surface area contributed by atoms with Gasteiger partial charge in [0.1, 0.15) is 0 Å². The molecule has 0 aromatic rings. The largest absolute Gasteiger partial charge is 0.481 e. The summed E-state index contributed by atoms with van der Waals surface area (Å²) in [5.74, 6) is -0.917. The molecule has 0 aromatic heterocycles. The molecule has 0 aliphatic carbocycles. The van der Waals surface area contributed by atoms with Crippen LogP contribution >= 0.6 is 24.8 Å². The Bertz CT molecular complexity index is 339. The van der Waals surface area contributed by atoms with Crippen LogP contribution in [0.4, 0.5) is 0 Å². The number of hydrogen-bond acceptors (Lipinski definition) is 4. The zero-order chi connectivity index (χ0) is 16.5. The summed E-state index contributed by atoms with van der Waals surface area (Å²) in [6.07, 6.45) is 4.43. The number of hydrogen-bond donors (Lipinski definition) is 3. The van der Waals surface area contributed by atoms with E-state index in [1.54, 1.807) is 0 Å². The fourth-order valence-electron chi connectivity index (χ4n) is 2.18. The maximum Gasteiger partial charge on any atom is 0.306 e. The highest BCUT2D eigenvalue weighted by Crippen LogP contribution is 2.21. The lowest BCUT2D eigenvalue weighted by atomic mass is 9.97. The second-order valence-electron chi connectivity index (χ2n) is 7.04. The summed E-state index contributed by atoms with van der Waals surface area (Å²) in [4.78, 5) is 22.7. The topological polar surface area (TPSA) is 106 Å². The minimum atomic E-state index is -1.19. The normalized spacial score (nSPS) is 13.4. The van der Waals surface area contributed by atoms with Crippen LogP contribution in [0.5, 0.6) is 0 Å². The smallest absolute Gasteiger partial charge is 0.306 e. The van der Waals surface area contributed by atoms with Gasteiger partial charge >= 0.3 is 5.97 Å². The average Bonchev–Trinajstić information content (AvgIpc) is 2.38. The number of carboxylic acids is 1. The highest BCUT2D eigenvalue weighted by atomic mass is 35.5. The van der Waals surface area contributed by atoms with Crippen LogP contribution < -0.4 is 11.5 Å². The van der Waals surface area contributed by atoms with Gasteiger partial charge in [0.15, 0.2) is 5.78 Å². The number of Topliss-reactive ketones (excluding diaryl/α,β-unsaturated/α-hetero) is 1. The van der Waals surface area contributed by atoms with E-state index in [-0.39, 0.29) is 43.1 Å². The van der Waals surface area contributed by atoms with Crippen molar-refractivity contribution in [1.82, 2.24) is 0 Å². The van der Waals surface area contributed by atoms with Gasteiger partial charge in [-0.15, -0.1) is 24.8 Å². The number of halogens is 2. The van der Waals surface area contributed by atoms with Crippen LogP contribution in [-0.2, 0) is 9.59 Å². The van der Waals surface area contributed by atoms with Crippen LogP contribution in [0.15, 0.2) is 0 Å². The maximum absolute atomic E-state index is 11.5. The van der Waals surface area contributed by atoms with Crippen LogP contribution in [0.3, 0.4) is 0 Å². The minimum Gasteiger partial charge on any atom is -0.481 e. The molecule has 2 unspecified atom stereocenters. The molecule has 0 aliphatic rings. The molecule has 0 heterocycles. The summed E-state index contributed by atoms with van der Waals surface area (Å²) in [6, 6.07) is 0.502. The predicted molar refractivity (Wildman–Crippen MR) is 104 cm³/mol. The van der Waals surface area contributed by atoms with Gasteiger partial charge in [-0.2, -0.15) is 0 Å². The van der Waals surface area contributed by atoms with E-state index in [9.17, 15) is 14.7 Å². The molecule has 0 radical (unpaired) electrons. The summed E-state index contributed by atoms with van der Waals surface area (Å²) in [7, 11) is -1.19. The fourth-order valence-corrected chi connectivity index (χ4v) is 3.40. The Hall–Kier alpha value is -0.143. The molecule has 0 aromatic carbocycles. The first-order chi connectivity index (χ1) is 9.67. The van der Waals surface area contributed by atoms with Crippen molar-refractivity contribution in [1.29, 1.82) is 0 Å². The molecule has 2 atom stereocenters. The predicted octanol–water partition coefficient (Wildman–Crippen LogP) is 3.06. The van der Waals surface area contributed by atoms with E-state index in [2.05, 4.69) is 19.6 Å². The van der Waals surface area contributed by atoms with Crippen molar-refractivity contribution in [3.05, 3.63) is 0 Å². The molecular formula is C15H34Cl2N2O3Si. The lowest BCUT2D eigenvalue weighted by Gasteiger charge is -2.19. The third-order valence-corrected chi connectivity index (χ3v) is 5.52. The SMILES string of the molecule is C[Si](C)(C)CCC(CCCCCC(=O)C(N)CN)C(=O)O.Cl.Cl. The molecule has 0 fully saturated rings. The Morgan fingerprint density at radius 1 is 1.04 bits per heavy atom. The fraction of sp³-hybridized carbons (Fsp3) is 0.867. The van der Waals surface area contributed by atoms with E-state index >= 15 is 0 Å². The maximum atomic E-state index is 11.5. The van der Waals surface area contributed by atoms with Crippen LogP contribution in [-0.4, -0.2) is 37.5 Å². The zero-order valence-electron chi connectivity index (χ0n) is 14.5. The Morgan fingerprint density at radius 2 is 1.61 bits per heavy atom. The van der Waals surface area contributed by atoms with E-state index in [0.29, 0.717) is 12.8 Å². The Labute approximate surface area is 153 Å². The second kappa shape index (κ2) is 14.2. The molecule has 8 heteroatoms. The molecule has 23 heavy (non-hydrogen) atoms. The van der Waals surface area contributed by atoms with Gasteiger partial charge in [0.2, 0.25) is 0 Å². The Morgan fingerprint density at radius 3 is 2.04 bits per heavy atom. The number of aliphatic carboxylic acids is 1. The zero-order valence-corrected chi connectivity index (χ0v) is 17.2. The number of nitrogens with two attached hydrogens (primary N) is 2. The number of carboxylic acid groups (broad SMARTS) is 1. The molecule has 0 rings (SSSR count). The van der Waals surface area contributed by atoms with Gasteiger partial charge in [0.25, 0.3) is 0 Å². The lowest BCUT2D eigenvalue weighted by Crippen LogP contribution is -2.37. The lowest BCUT2D eigenvalue weighted by molar-refractivity contribution is -0.142. The van der Waals surface area contributed by atoms with Gasteiger partial charge in [-0.05, 0) is 19.3 Å². The first kappa shape index (κ1) is 27.7. The number of unbranched alkanes of at least 4 members (excludes halogenated alkanes) is 2. The van der Waals surface area contributed by atoms with Crippen molar-refractivity contribution in [3.8, 4) is 0 Å². The first-order valence-electron chi connectivity index (χ1n) is 7.88. The van der Waals surface area contributed by atoms with Crippen LogP contribution in [0.25, 0.3) is 0 Å². The second-order valence-corrected chi connectivity index (χ2v) is 12.7. The number of rotatable bonds is 12. The number of carbonyl (C=O) groups is 2. The average molecular weight is 389 g/mol. The van der Waals surface area contributed by atoms with Gasteiger partial charge in [0, 0.05) is 21.0 Å². The van der Waals surface area contributed by atoms with Gasteiger partial charge in [-0.1, -0.05) is 38.5 Å². The molecule has 5 N–H and O–H groups in total. The molecule has 5 nitrogen and oxygen atoms in total. The first-order valence-corrected chi connectivity index (χ1v) is 11.6. The highest BCUT2D eigenvalue weighted by Gasteiger charge is 2.21. The van der Waals surface area contributed by atoms with Crippen molar-refractivity contribution in [2.24, 2.45) is 17.4 Å². The summed E-state index contributed by atoms with van der Waals surface area (Å²) in [6.45, 7) is 6.98. The van der Waals surface area contributed by atoms with E-state index in [0.717, 1.165) is 31.7 Å². The van der Waals surface area contributed by atoms with E-state index < -0.39 is 20.1 Å². The third-order valence-electron chi connectivity index (χ3n) is 3.74. The molecule has 0 amide bonds. The molecular weight excluding hydrogens is 355 g/mol. The Kier molecular flexibility index (Phi) is 17.1. The van der Waals surface area contributed by atoms with Gasteiger partial charge < -0.3 is 16.6 Å². The van der Waals surface area contributed by atoms with Crippen molar-refractivity contribution >= 4 is 44.6 Å². The monoisotopic (exact) mass is 388 g/mol. The van der Waals surface area contributed by atoms with E-state index in [1.165, 1.54) is 0 Å². The van der Waals surface area contributed by atoms with Crippen LogP contribution in [0, 0.1) is 5.92 Å². The standard InChI is InChI=1S/C15H32N2O3Si.2ClH/c1-21(2,3)10-9-12(15(19)20)7-5-4-6-8-14(18)13(17)11-16;;/h12-13H,4-11,16-17H2,1-3H3,(H,19,20);2*1H. The van der Waals surface area contributed by atoms with Crippen molar-refractivity contribution in [2.75, 3.05) is 6.54 Å². The van der Waals surface area contributed by atoms with Crippen LogP contribution in [0.1, 0.15) is 38.5 Å². The van der Waals surface area contributed by atoms with E-state index in [4.69, 9.17) is 11.5 Å². The van der Waals surface area contributed by atoms with Crippen molar-refractivity contribution in [2.45, 2.75) is 70.3 Å².